The zero-order chi connectivity index (χ0) is 23.9. The highest BCUT2D eigenvalue weighted by atomic mass is 32.2. The van der Waals surface area contributed by atoms with Gasteiger partial charge in [0.1, 0.15) is 0 Å². The van der Waals surface area contributed by atoms with Crippen molar-refractivity contribution in [3.05, 3.63) is 72.1 Å². The first kappa shape index (κ1) is 24.0. The van der Waals surface area contributed by atoms with Crippen LogP contribution in [-0.4, -0.2) is 22.0 Å². The molecule has 34 heavy (non-hydrogen) atoms. The molecule has 7 heteroatoms. The van der Waals surface area contributed by atoms with Crippen LogP contribution in [0.4, 0.5) is 10.8 Å². The first-order valence-electron chi connectivity index (χ1n) is 11.3. The maximum Gasteiger partial charge on any atom is 0.239 e. The van der Waals surface area contributed by atoms with Gasteiger partial charge in [-0.3, -0.25) is 9.59 Å². The Bertz CT molecular complexity index is 1300. The maximum absolute atomic E-state index is 12.8. The highest BCUT2D eigenvalue weighted by Crippen LogP contribution is 2.30. The third kappa shape index (κ3) is 6.24. The van der Waals surface area contributed by atoms with Gasteiger partial charge in [0.25, 0.3) is 0 Å². The first-order chi connectivity index (χ1) is 16.5. The van der Waals surface area contributed by atoms with E-state index < -0.39 is 0 Å². The minimum absolute atomic E-state index is 0.0146. The predicted molar refractivity (Wildman–Crippen MR) is 144 cm³/mol. The van der Waals surface area contributed by atoms with Crippen LogP contribution < -0.4 is 10.6 Å². The molecule has 3 aromatic carbocycles. The quantitative estimate of drug-likeness (QED) is 0.244. The van der Waals surface area contributed by atoms with Crippen molar-refractivity contribution < 1.29 is 9.59 Å². The number of nitrogens with zero attached hydrogens (tertiary/aromatic N) is 1. The lowest BCUT2D eigenvalue weighted by molar-refractivity contribution is -0.116. The van der Waals surface area contributed by atoms with Gasteiger partial charge in [0.05, 0.1) is 10.9 Å². The summed E-state index contributed by atoms with van der Waals surface area (Å²) in [6.07, 6.45) is 2.37. The van der Waals surface area contributed by atoms with Gasteiger partial charge in [-0.05, 0) is 48.4 Å². The van der Waals surface area contributed by atoms with E-state index in [1.807, 2.05) is 48.7 Å². The first-order valence-corrected chi connectivity index (χ1v) is 13.1. The maximum atomic E-state index is 12.8. The van der Waals surface area contributed by atoms with Crippen molar-refractivity contribution >= 4 is 56.5 Å². The summed E-state index contributed by atoms with van der Waals surface area (Å²) >= 11 is 2.87. The van der Waals surface area contributed by atoms with Crippen LogP contribution in [0.5, 0.6) is 0 Å². The lowest BCUT2D eigenvalue weighted by Crippen LogP contribution is -2.22. The number of amides is 2. The van der Waals surface area contributed by atoms with Gasteiger partial charge in [0.2, 0.25) is 11.8 Å². The second kappa shape index (κ2) is 11.3. The Morgan fingerprint density at radius 2 is 1.82 bits per heavy atom. The molecule has 1 unspecified atom stereocenters. The molecular formula is C27H27N3O2S2. The minimum Gasteiger partial charge on any atom is -0.326 e. The van der Waals surface area contributed by atoms with E-state index in [9.17, 15) is 9.59 Å². The third-order valence-electron chi connectivity index (χ3n) is 5.34. The Hall–Kier alpha value is -3.16. The van der Waals surface area contributed by atoms with Crippen LogP contribution in [0.3, 0.4) is 0 Å². The molecule has 0 radical (unpaired) electrons. The molecule has 2 amide bonds. The number of aromatic nitrogens is 1. The van der Waals surface area contributed by atoms with Crippen molar-refractivity contribution in [2.45, 2.75) is 43.3 Å². The molecule has 0 fully saturated rings. The van der Waals surface area contributed by atoms with Gasteiger partial charge < -0.3 is 10.6 Å². The molecule has 5 nitrogen and oxygen atoms in total. The van der Waals surface area contributed by atoms with E-state index in [0.717, 1.165) is 40.1 Å². The summed E-state index contributed by atoms with van der Waals surface area (Å²) in [7, 11) is 0. The molecule has 0 bridgehead atoms. The lowest BCUT2D eigenvalue weighted by atomic mass is 10.1. The molecule has 0 aliphatic rings. The Morgan fingerprint density at radius 3 is 2.65 bits per heavy atom. The summed E-state index contributed by atoms with van der Waals surface area (Å²) in [6.45, 7) is 3.93. The van der Waals surface area contributed by atoms with Crippen molar-refractivity contribution in [1.29, 1.82) is 0 Å². The van der Waals surface area contributed by atoms with Gasteiger partial charge in [-0.15, -0.1) is 23.1 Å². The topological polar surface area (TPSA) is 71.1 Å². The van der Waals surface area contributed by atoms with Crippen LogP contribution in [0.25, 0.3) is 22.0 Å². The number of carbonyl (C=O) groups is 2. The molecule has 2 N–H and O–H groups in total. The Morgan fingerprint density at radius 1 is 1.00 bits per heavy atom. The largest absolute Gasteiger partial charge is 0.326 e. The Kier molecular flexibility index (Phi) is 7.98. The van der Waals surface area contributed by atoms with Crippen LogP contribution >= 0.6 is 23.1 Å². The minimum atomic E-state index is -0.320. The standard InChI is InChI=1S/C27H27N3O2S2/c1-3-4-12-25(31)28-22-10-7-11-23(16-22)34-18(2)26(32)30-27-29-24(17-33-27)21-14-13-19-8-5-6-9-20(19)15-21/h5-11,13-18H,3-4,12H2,1-2H3,(H,28,31)(H,29,30,32). The van der Waals surface area contributed by atoms with Gasteiger partial charge >= 0.3 is 0 Å². The van der Waals surface area contributed by atoms with Crippen LogP contribution in [0.1, 0.15) is 33.1 Å². The fraction of sp³-hybridized carbons (Fsp3) is 0.222. The smallest absolute Gasteiger partial charge is 0.239 e. The Labute approximate surface area is 208 Å². The van der Waals surface area contributed by atoms with Crippen molar-refractivity contribution in [2.75, 3.05) is 10.6 Å². The number of rotatable bonds is 9. The van der Waals surface area contributed by atoms with Gasteiger partial charge in [-0.2, -0.15) is 0 Å². The molecule has 0 aliphatic carbocycles. The predicted octanol–water partition coefficient (Wildman–Crippen LogP) is 7.21. The summed E-state index contributed by atoms with van der Waals surface area (Å²) < 4.78 is 0. The highest BCUT2D eigenvalue weighted by molar-refractivity contribution is 8.00. The van der Waals surface area contributed by atoms with Crippen molar-refractivity contribution in [3.8, 4) is 11.3 Å². The highest BCUT2D eigenvalue weighted by Gasteiger charge is 2.17. The third-order valence-corrected chi connectivity index (χ3v) is 7.19. The zero-order valence-corrected chi connectivity index (χ0v) is 20.8. The molecule has 0 saturated carbocycles. The van der Waals surface area contributed by atoms with Crippen molar-refractivity contribution in [3.63, 3.8) is 0 Å². The molecule has 4 rings (SSSR count). The second-order valence-corrected chi connectivity index (χ2v) is 10.3. The van der Waals surface area contributed by atoms with Gasteiger partial charge in [-0.1, -0.05) is 55.8 Å². The molecule has 0 saturated heterocycles. The molecule has 1 heterocycles. The lowest BCUT2D eigenvalue weighted by Gasteiger charge is -2.12. The van der Waals surface area contributed by atoms with Crippen LogP contribution in [-0.2, 0) is 9.59 Å². The van der Waals surface area contributed by atoms with Gasteiger partial charge in [-0.25, -0.2) is 4.98 Å². The number of hydrogen-bond acceptors (Lipinski definition) is 5. The van der Waals surface area contributed by atoms with Crippen molar-refractivity contribution in [1.82, 2.24) is 4.98 Å². The summed E-state index contributed by atoms with van der Waals surface area (Å²) in [5.41, 5.74) is 2.62. The fourth-order valence-corrected chi connectivity index (χ4v) is 5.13. The molecule has 1 aromatic heterocycles. The van der Waals surface area contributed by atoms with Gasteiger partial charge in [0, 0.05) is 27.9 Å². The van der Waals surface area contributed by atoms with E-state index in [2.05, 4.69) is 52.9 Å². The molecule has 0 aliphatic heterocycles. The molecule has 174 valence electrons. The number of thioether (sulfide) groups is 1. The normalized spacial score (nSPS) is 11.8. The molecule has 1 atom stereocenters. The number of benzene rings is 3. The van der Waals surface area contributed by atoms with E-state index in [4.69, 9.17) is 0 Å². The second-order valence-electron chi connectivity index (χ2n) is 8.03. The fourth-order valence-electron chi connectivity index (χ4n) is 3.49. The van der Waals surface area contributed by atoms with E-state index in [1.54, 1.807) is 0 Å². The number of carbonyl (C=O) groups excluding carboxylic acids is 2. The van der Waals surface area contributed by atoms with E-state index in [-0.39, 0.29) is 17.1 Å². The number of thiazole rings is 1. The molecule has 4 aromatic rings. The number of fused-ring (bicyclic) bond motifs is 1. The molecule has 0 spiro atoms. The summed E-state index contributed by atoms with van der Waals surface area (Å²) in [4.78, 5) is 30.3. The Balaban J connectivity index is 1.36. The average Bonchev–Trinajstić information content (AvgIpc) is 3.31. The number of hydrogen-bond donors (Lipinski definition) is 2. The molecular weight excluding hydrogens is 462 g/mol. The monoisotopic (exact) mass is 489 g/mol. The number of unbranched alkanes of at least 4 members (excludes halogenated alkanes) is 1. The summed E-state index contributed by atoms with van der Waals surface area (Å²) in [5, 5.41) is 10.4. The van der Waals surface area contributed by atoms with E-state index in [0.29, 0.717) is 11.6 Å². The van der Waals surface area contributed by atoms with E-state index >= 15 is 0 Å². The number of anilines is 2. The van der Waals surface area contributed by atoms with Crippen LogP contribution in [0, 0.1) is 0 Å². The summed E-state index contributed by atoms with van der Waals surface area (Å²) in [5.74, 6) is -0.0948. The average molecular weight is 490 g/mol. The van der Waals surface area contributed by atoms with Crippen LogP contribution in [0.2, 0.25) is 0 Å². The van der Waals surface area contributed by atoms with E-state index in [1.165, 1.54) is 28.5 Å². The number of nitrogens with one attached hydrogen (secondary N) is 2. The summed E-state index contributed by atoms with van der Waals surface area (Å²) in [6, 6.07) is 22.1. The van der Waals surface area contributed by atoms with Crippen molar-refractivity contribution in [2.24, 2.45) is 0 Å². The van der Waals surface area contributed by atoms with Gasteiger partial charge in [0.15, 0.2) is 5.13 Å². The van der Waals surface area contributed by atoms with Crippen LogP contribution in [0.15, 0.2) is 77.0 Å². The SMILES string of the molecule is CCCCC(=O)Nc1cccc(SC(C)C(=O)Nc2nc(-c3ccc4ccccc4c3)cs2)c1. The zero-order valence-electron chi connectivity index (χ0n) is 19.2.